The number of amides is 1. The number of nitrogens with one attached hydrogen (secondary N) is 1. The molecule has 2 aliphatic heterocycles. The molecule has 2 aromatic heterocycles. The second kappa shape index (κ2) is 8.33. The number of nitrogens with zero attached hydrogens (tertiary/aromatic N) is 3. The van der Waals surface area contributed by atoms with Crippen LogP contribution in [0.25, 0.3) is 6.08 Å². The molecule has 1 aliphatic carbocycles. The Kier molecular flexibility index (Phi) is 5.54. The highest BCUT2D eigenvalue weighted by Gasteiger charge is 2.55. The largest absolute Gasteiger partial charge is 0.396 e. The molecule has 1 saturated carbocycles. The van der Waals surface area contributed by atoms with Crippen molar-refractivity contribution in [2.45, 2.75) is 44.9 Å². The number of pyridine rings is 1. The van der Waals surface area contributed by atoms with Gasteiger partial charge in [0.05, 0.1) is 18.6 Å². The summed E-state index contributed by atoms with van der Waals surface area (Å²) in [4.78, 5) is 32.9. The number of carbonyl (C=O) groups excluding carboxylic acids is 1. The molecule has 31 heavy (non-hydrogen) atoms. The van der Waals surface area contributed by atoms with Gasteiger partial charge in [-0.2, -0.15) is 0 Å². The molecule has 5 rings (SSSR count). The minimum Gasteiger partial charge on any atom is -0.396 e. The molecule has 2 aromatic rings. The number of hydrogen-bond acceptors (Lipinski definition) is 6. The molecule has 8 heteroatoms. The Morgan fingerprint density at radius 3 is 2.90 bits per heavy atom. The van der Waals surface area contributed by atoms with E-state index in [-0.39, 0.29) is 36.0 Å². The van der Waals surface area contributed by atoms with Crippen LogP contribution in [0.4, 0.5) is 0 Å². The molecule has 1 amide bonds. The number of rotatable bonds is 7. The standard InChI is InChI=1S/C23H28N4O3S/c1-2-3-15-6-7-18-20-16(11-26(18)23(15)30)17(13-28)21(22(29)25-10-14-4-5-14)27(20)12-19-24-8-9-31-19/h2-3,6-9,14,16-17,20-21,28H,4-5,10-13H2,1H3,(H,25,29)/b3-2+/t16-,17-,20+,21-/m1/s1. The second-order valence-electron chi connectivity index (χ2n) is 8.82. The summed E-state index contributed by atoms with van der Waals surface area (Å²) in [6, 6.07) is 3.36. The van der Waals surface area contributed by atoms with Crippen molar-refractivity contribution in [1.82, 2.24) is 19.8 Å². The van der Waals surface area contributed by atoms with Gasteiger partial charge in [-0.25, -0.2) is 4.98 Å². The van der Waals surface area contributed by atoms with E-state index in [0.717, 1.165) is 10.7 Å². The molecule has 4 heterocycles. The fourth-order valence-electron chi connectivity index (χ4n) is 5.27. The molecule has 4 atom stereocenters. The summed E-state index contributed by atoms with van der Waals surface area (Å²) in [7, 11) is 0. The van der Waals surface area contributed by atoms with E-state index >= 15 is 0 Å². The summed E-state index contributed by atoms with van der Waals surface area (Å²) in [6.45, 7) is 3.57. The molecule has 3 aliphatic rings. The van der Waals surface area contributed by atoms with E-state index in [1.165, 1.54) is 12.8 Å². The van der Waals surface area contributed by atoms with Gasteiger partial charge in [0.25, 0.3) is 5.56 Å². The molecular weight excluding hydrogens is 412 g/mol. The molecule has 0 unspecified atom stereocenters. The number of likely N-dealkylation sites (tertiary alicyclic amines) is 1. The van der Waals surface area contributed by atoms with Gasteiger partial charge in [-0.3, -0.25) is 14.5 Å². The van der Waals surface area contributed by atoms with Crippen molar-refractivity contribution < 1.29 is 9.90 Å². The Morgan fingerprint density at radius 2 is 2.23 bits per heavy atom. The van der Waals surface area contributed by atoms with Crippen LogP contribution in [0.2, 0.25) is 0 Å². The zero-order valence-electron chi connectivity index (χ0n) is 17.6. The molecular formula is C23H28N4O3S. The lowest BCUT2D eigenvalue weighted by Gasteiger charge is -2.30. The molecule has 0 radical (unpaired) electrons. The summed E-state index contributed by atoms with van der Waals surface area (Å²) in [5, 5.41) is 16.3. The lowest BCUT2D eigenvalue weighted by Crippen LogP contribution is -2.48. The van der Waals surface area contributed by atoms with Crippen molar-refractivity contribution in [2.75, 3.05) is 13.2 Å². The lowest BCUT2D eigenvalue weighted by atomic mass is 9.88. The monoisotopic (exact) mass is 440 g/mol. The first kappa shape index (κ1) is 20.6. The Morgan fingerprint density at radius 1 is 1.39 bits per heavy atom. The normalized spacial score (nSPS) is 27.5. The maximum Gasteiger partial charge on any atom is 0.258 e. The summed E-state index contributed by atoms with van der Waals surface area (Å²) in [6.07, 6.45) is 7.82. The number of thiazole rings is 1. The Labute approximate surface area is 185 Å². The van der Waals surface area contributed by atoms with Crippen LogP contribution in [-0.4, -0.2) is 44.7 Å². The van der Waals surface area contributed by atoms with Crippen molar-refractivity contribution in [3.8, 4) is 0 Å². The minimum atomic E-state index is -0.429. The predicted molar refractivity (Wildman–Crippen MR) is 119 cm³/mol. The van der Waals surface area contributed by atoms with Gasteiger partial charge in [-0.15, -0.1) is 11.3 Å². The molecule has 0 spiro atoms. The molecule has 2 N–H and O–H groups in total. The summed E-state index contributed by atoms with van der Waals surface area (Å²) in [5.74, 6) is 0.356. The van der Waals surface area contributed by atoms with Crippen LogP contribution in [0.3, 0.4) is 0 Å². The fraction of sp³-hybridized carbons (Fsp3) is 0.522. The summed E-state index contributed by atoms with van der Waals surface area (Å²) < 4.78 is 1.83. The van der Waals surface area contributed by atoms with Crippen molar-refractivity contribution in [1.29, 1.82) is 0 Å². The van der Waals surface area contributed by atoms with Gasteiger partial charge >= 0.3 is 0 Å². The highest BCUT2D eigenvalue weighted by molar-refractivity contribution is 7.09. The zero-order chi connectivity index (χ0) is 21.5. The van der Waals surface area contributed by atoms with E-state index in [2.05, 4.69) is 15.2 Å². The van der Waals surface area contributed by atoms with Gasteiger partial charge in [-0.1, -0.05) is 12.2 Å². The average Bonchev–Trinajstić information content (AvgIpc) is 3.18. The van der Waals surface area contributed by atoms with Crippen LogP contribution in [0.5, 0.6) is 0 Å². The minimum absolute atomic E-state index is 0.00868. The second-order valence-corrected chi connectivity index (χ2v) is 9.80. The van der Waals surface area contributed by atoms with Crippen molar-refractivity contribution in [3.63, 3.8) is 0 Å². The number of hydrogen-bond donors (Lipinski definition) is 2. The molecule has 0 aromatic carbocycles. The van der Waals surface area contributed by atoms with E-state index in [1.54, 1.807) is 17.5 Å². The van der Waals surface area contributed by atoms with Crippen molar-refractivity contribution in [3.05, 3.63) is 56.4 Å². The van der Waals surface area contributed by atoms with Crippen molar-refractivity contribution in [2.24, 2.45) is 17.8 Å². The third kappa shape index (κ3) is 3.66. The summed E-state index contributed by atoms with van der Waals surface area (Å²) in [5.41, 5.74) is 1.58. The van der Waals surface area contributed by atoms with Crippen LogP contribution < -0.4 is 10.9 Å². The lowest BCUT2D eigenvalue weighted by molar-refractivity contribution is -0.128. The SMILES string of the molecule is C/C=C/c1ccc2n(c1=O)C[C@@H]1[C@@H](CO)[C@H](C(=O)NCC3CC3)N(Cc3nccs3)[C@H]21. The number of fused-ring (bicyclic) bond motifs is 3. The first-order valence-corrected chi connectivity index (χ1v) is 11.9. The smallest absolute Gasteiger partial charge is 0.258 e. The highest BCUT2D eigenvalue weighted by atomic mass is 32.1. The molecule has 0 bridgehead atoms. The third-order valence-corrected chi connectivity index (χ3v) is 7.66. The fourth-order valence-corrected chi connectivity index (χ4v) is 5.89. The van der Waals surface area contributed by atoms with Gasteiger partial charge in [0, 0.05) is 54.4 Å². The van der Waals surface area contributed by atoms with Gasteiger partial charge in [0.1, 0.15) is 5.01 Å². The topological polar surface area (TPSA) is 87.5 Å². The third-order valence-electron chi connectivity index (χ3n) is 6.90. The summed E-state index contributed by atoms with van der Waals surface area (Å²) >= 11 is 1.56. The zero-order valence-corrected chi connectivity index (χ0v) is 18.4. The Balaban J connectivity index is 1.52. The Hall–Kier alpha value is -2.29. The van der Waals surface area contributed by atoms with E-state index < -0.39 is 6.04 Å². The molecule has 1 saturated heterocycles. The van der Waals surface area contributed by atoms with Crippen LogP contribution in [0.1, 0.15) is 42.1 Å². The Bertz CT molecular complexity index is 1040. The first-order valence-electron chi connectivity index (χ1n) is 11.0. The van der Waals surface area contributed by atoms with Gasteiger partial charge in [0.2, 0.25) is 5.91 Å². The number of aliphatic hydroxyl groups excluding tert-OH is 1. The van der Waals surface area contributed by atoms with Crippen LogP contribution in [0.15, 0.2) is 34.6 Å². The number of carbonyl (C=O) groups is 1. The average molecular weight is 441 g/mol. The van der Waals surface area contributed by atoms with Crippen LogP contribution in [-0.2, 0) is 17.9 Å². The number of aromatic nitrogens is 2. The maximum absolute atomic E-state index is 13.3. The van der Waals surface area contributed by atoms with E-state index in [0.29, 0.717) is 31.1 Å². The number of allylic oxidation sites excluding steroid dienone is 1. The van der Waals surface area contributed by atoms with Gasteiger partial charge < -0.3 is 15.0 Å². The highest BCUT2D eigenvalue weighted by Crippen LogP contribution is 2.49. The quantitative estimate of drug-likeness (QED) is 0.688. The van der Waals surface area contributed by atoms with E-state index in [1.807, 2.05) is 41.2 Å². The molecule has 2 fully saturated rings. The predicted octanol–water partition coefficient (Wildman–Crippen LogP) is 2.03. The van der Waals surface area contributed by atoms with Crippen LogP contribution >= 0.6 is 11.3 Å². The number of aliphatic hydroxyl groups is 1. The van der Waals surface area contributed by atoms with E-state index in [4.69, 9.17) is 0 Å². The van der Waals surface area contributed by atoms with Crippen molar-refractivity contribution >= 4 is 23.3 Å². The first-order chi connectivity index (χ1) is 15.1. The van der Waals surface area contributed by atoms with E-state index in [9.17, 15) is 14.7 Å². The van der Waals surface area contributed by atoms with Gasteiger partial charge in [-0.05, 0) is 37.8 Å². The van der Waals surface area contributed by atoms with Crippen LogP contribution in [0, 0.1) is 17.8 Å². The maximum atomic E-state index is 13.3. The molecule has 7 nitrogen and oxygen atoms in total. The van der Waals surface area contributed by atoms with Gasteiger partial charge in [0.15, 0.2) is 0 Å². The molecule has 164 valence electrons.